The summed E-state index contributed by atoms with van der Waals surface area (Å²) in [6, 6.07) is 11.3. The number of fused-ring (bicyclic) bond motifs is 2. The third-order valence-corrected chi connectivity index (χ3v) is 4.55. The Morgan fingerprint density at radius 2 is 1.52 bits per heavy atom. The summed E-state index contributed by atoms with van der Waals surface area (Å²) in [5.74, 6) is -0.308. The second-order valence-corrected chi connectivity index (χ2v) is 6.94. The molecular weight excluding hydrogens is 436 g/mol. The van der Waals surface area contributed by atoms with E-state index in [1.807, 2.05) is 36.4 Å². The maximum Gasteiger partial charge on any atom is 0.330 e. The van der Waals surface area contributed by atoms with Crippen molar-refractivity contribution >= 4 is 51.2 Å². The molecule has 0 unspecified atom stereocenters. The van der Waals surface area contributed by atoms with Gasteiger partial charge in [-0.2, -0.15) is 0 Å². The van der Waals surface area contributed by atoms with Crippen LogP contribution >= 0.6 is 15.9 Å². The summed E-state index contributed by atoms with van der Waals surface area (Å²) in [7, 11) is 1.33. The van der Waals surface area contributed by atoms with E-state index < -0.39 is 5.97 Å². The van der Waals surface area contributed by atoms with Crippen molar-refractivity contribution in [3.63, 3.8) is 0 Å². The van der Waals surface area contributed by atoms with Gasteiger partial charge in [-0.3, -0.25) is 9.59 Å². The molecule has 0 saturated carbocycles. The molecule has 2 heterocycles. The first kappa shape index (κ1) is 24.1. The average Bonchev–Trinajstić information content (AvgIpc) is 3.19. The van der Waals surface area contributed by atoms with Crippen molar-refractivity contribution in [3.8, 4) is 0 Å². The minimum Gasteiger partial charge on any atom is -0.466 e. The first-order chi connectivity index (χ1) is 12.9. The third kappa shape index (κ3) is 6.29. The van der Waals surface area contributed by atoms with Gasteiger partial charge in [0.2, 0.25) is 11.8 Å². The summed E-state index contributed by atoms with van der Waals surface area (Å²) in [6.07, 6.45) is 3.92. The van der Waals surface area contributed by atoms with Gasteiger partial charge in [-0.25, -0.2) is 4.79 Å². The van der Waals surface area contributed by atoms with Crippen molar-refractivity contribution < 1.29 is 19.1 Å². The fourth-order valence-electron chi connectivity index (χ4n) is 2.78. The van der Waals surface area contributed by atoms with Crippen LogP contribution in [0.5, 0.6) is 0 Å². The van der Waals surface area contributed by atoms with Gasteiger partial charge in [0.1, 0.15) is 0 Å². The topological polar surface area (TPSA) is 84.5 Å². The first-order valence-corrected chi connectivity index (χ1v) is 9.01. The van der Waals surface area contributed by atoms with E-state index in [0.717, 1.165) is 32.5 Å². The van der Waals surface area contributed by atoms with Gasteiger partial charge in [-0.15, -0.1) is 0 Å². The minimum absolute atomic E-state index is 0. The zero-order chi connectivity index (χ0) is 19.4. The highest BCUT2D eigenvalue weighted by Crippen LogP contribution is 2.26. The average molecular weight is 461 g/mol. The van der Waals surface area contributed by atoms with Gasteiger partial charge >= 0.3 is 5.97 Å². The van der Waals surface area contributed by atoms with Crippen LogP contribution in [0.15, 0.2) is 46.9 Å². The van der Waals surface area contributed by atoms with Crippen LogP contribution in [-0.4, -0.2) is 24.9 Å². The smallest absolute Gasteiger partial charge is 0.330 e. The first-order valence-electron chi connectivity index (χ1n) is 8.21. The van der Waals surface area contributed by atoms with Gasteiger partial charge in [0.25, 0.3) is 0 Å². The summed E-state index contributed by atoms with van der Waals surface area (Å²) < 4.78 is 5.51. The molecular formula is C22H25BrN2O4. The van der Waals surface area contributed by atoms with Crippen LogP contribution in [-0.2, 0) is 32.0 Å². The third-order valence-electron chi connectivity index (χ3n) is 4.06. The Morgan fingerprint density at radius 3 is 2.10 bits per heavy atom. The summed E-state index contributed by atoms with van der Waals surface area (Å²) >= 11 is 3.35. The Kier molecular flexibility index (Phi) is 8.79. The van der Waals surface area contributed by atoms with Gasteiger partial charge in [0.05, 0.1) is 20.0 Å². The predicted octanol–water partition coefficient (Wildman–Crippen LogP) is 4.58. The Labute approximate surface area is 179 Å². The Hall–Kier alpha value is -2.93. The quantitative estimate of drug-likeness (QED) is 0.507. The van der Waals surface area contributed by atoms with Gasteiger partial charge in [0.15, 0.2) is 0 Å². The molecule has 2 aromatic carbocycles. The number of hydrogen-bond donors (Lipinski definition) is 2. The molecule has 0 fully saturated rings. The summed E-state index contributed by atoms with van der Waals surface area (Å²) in [4.78, 5) is 32.9. The van der Waals surface area contributed by atoms with Gasteiger partial charge in [-0.05, 0) is 53.1 Å². The Balaban J connectivity index is 0.000000286. The number of carbonyl (C=O) groups is 3. The lowest BCUT2D eigenvalue weighted by molar-refractivity contribution is -0.134. The van der Waals surface area contributed by atoms with Crippen molar-refractivity contribution in [2.75, 3.05) is 17.7 Å². The summed E-state index contributed by atoms with van der Waals surface area (Å²) in [5, 5.41) is 5.51. The predicted molar refractivity (Wildman–Crippen MR) is 120 cm³/mol. The number of ether oxygens (including phenoxy) is 1. The number of amides is 2. The number of nitrogens with one attached hydrogen (secondary N) is 2. The number of halogens is 1. The largest absolute Gasteiger partial charge is 0.466 e. The van der Waals surface area contributed by atoms with Crippen LogP contribution in [0.25, 0.3) is 6.08 Å². The monoisotopic (exact) mass is 460 g/mol. The van der Waals surface area contributed by atoms with Crippen LogP contribution in [0.1, 0.15) is 31.5 Å². The Bertz CT molecular complexity index is 954. The minimum atomic E-state index is -0.394. The van der Waals surface area contributed by atoms with Crippen molar-refractivity contribution in [1.29, 1.82) is 0 Å². The fraction of sp³-hybridized carbons (Fsp3) is 0.227. The molecule has 0 atom stereocenters. The lowest BCUT2D eigenvalue weighted by Gasteiger charge is -1.99. The second-order valence-electron chi connectivity index (χ2n) is 6.02. The number of esters is 1. The van der Waals surface area contributed by atoms with Gasteiger partial charge in [0, 0.05) is 21.9 Å². The van der Waals surface area contributed by atoms with Crippen LogP contribution < -0.4 is 10.6 Å². The molecule has 7 heteroatoms. The molecule has 6 nitrogen and oxygen atoms in total. The highest BCUT2D eigenvalue weighted by Gasteiger charge is 2.17. The van der Waals surface area contributed by atoms with E-state index in [9.17, 15) is 14.4 Å². The van der Waals surface area contributed by atoms with E-state index in [2.05, 4.69) is 31.3 Å². The number of carbonyl (C=O) groups excluding carboxylic acids is 3. The molecule has 154 valence electrons. The molecule has 2 aliphatic heterocycles. The maximum absolute atomic E-state index is 11.1. The second kappa shape index (κ2) is 10.6. The van der Waals surface area contributed by atoms with Crippen LogP contribution in [0, 0.1) is 0 Å². The zero-order valence-electron chi connectivity index (χ0n) is 14.5. The number of benzene rings is 2. The maximum atomic E-state index is 11.1. The molecule has 2 aromatic rings. The van der Waals surface area contributed by atoms with E-state index in [1.54, 1.807) is 6.08 Å². The van der Waals surface area contributed by atoms with Gasteiger partial charge < -0.3 is 15.4 Å². The molecule has 0 saturated heterocycles. The number of methoxy groups -OCH3 is 1. The lowest BCUT2D eigenvalue weighted by atomic mass is 10.1. The molecule has 0 radical (unpaired) electrons. The number of anilines is 2. The van der Waals surface area contributed by atoms with E-state index in [4.69, 9.17) is 0 Å². The zero-order valence-corrected chi connectivity index (χ0v) is 16.1. The molecule has 2 aliphatic rings. The van der Waals surface area contributed by atoms with Crippen molar-refractivity contribution in [2.24, 2.45) is 0 Å². The molecule has 0 aliphatic carbocycles. The number of hydrogen-bond acceptors (Lipinski definition) is 4. The highest BCUT2D eigenvalue weighted by atomic mass is 79.9. The van der Waals surface area contributed by atoms with Crippen LogP contribution in [0.2, 0.25) is 0 Å². The van der Waals surface area contributed by atoms with Crippen LogP contribution in [0.3, 0.4) is 0 Å². The number of rotatable bonds is 2. The molecule has 0 spiro atoms. The Morgan fingerprint density at radius 1 is 0.966 bits per heavy atom. The molecule has 0 aromatic heterocycles. The highest BCUT2D eigenvalue weighted by molar-refractivity contribution is 9.10. The van der Waals surface area contributed by atoms with Crippen molar-refractivity contribution in [2.45, 2.75) is 27.7 Å². The molecule has 4 rings (SSSR count). The molecule has 0 bridgehead atoms. The summed E-state index contributed by atoms with van der Waals surface area (Å²) in [5.41, 5.74) is 4.69. The molecule has 2 amide bonds. The van der Waals surface area contributed by atoms with Crippen LogP contribution in [0.4, 0.5) is 11.4 Å². The molecule has 2 N–H and O–H groups in total. The van der Waals surface area contributed by atoms with Crippen molar-refractivity contribution in [3.05, 3.63) is 63.6 Å². The molecule has 29 heavy (non-hydrogen) atoms. The van der Waals surface area contributed by atoms with E-state index in [0.29, 0.717) is 12.8 Å². The van der Waals surface area contributed by atoms with Gasteiger partial charge in [-0.1, -0.05) is 36.8 Å². The van der Waals surface area contributed by atoms with E-state index >= 15 is 0 Å². The standard InChI is InChI=1S/C12H11NO3.C8H6BrNO.2CH4/c1-16-12(15)5-3-8-2-4-10-9(6-8)7-11(14)13-10;9-6-1-2-7-5(3-6)4-8(11)10-7;;/h2-6H,7H2,1H3,(H,13,14);1-3H,4H2,(H,10,11);2*1H4/b5-3+;;;. The van der Waals surface area contributed by atoms with E-state index in [-0.39, 0.29) is 26.7 Å². The van der Waals surface area contributed by atoms with Crippen molar-refractivity contribution in [1.82, 2.24) is 0 Å². The SMILES string of the molecule is C.C.COC(=O)/C=C/c1ccc2c(c1)CC(=O)N2.O=C1Cc2cc(Br)ccc2N1. The normalized spacial score (nSPS) is 13.0. The lowest BCUT2D eigenvalue weighted by Crippen LogP contribution is -2.03. The summed E-state index contributed by atoms with van der Waals surface area (Å²) in [6.45, 7) is 0. The van der Waals surface area contributed by atoms with E-state index in [1.165, 1.54) is 13.2 Å². The fourth-order valence-corrected chi connectivity index (χ4v) is 3.19.